The van der Waals surface area contributed by atoms with Crippen molar-refractivity contribution in [1.82, 2.24) is 34.8 Å². The molecule has 0 atom stereocenters. The highest BCUT2D eigenvalue weighted by Gasteiger charge is 2.19. The summed E-state index contributed by atoms with van der Waals surface area (Å²) < 4.78 is 17.6. The molecule has 0 bridgehead atoms. The van der Waals surface area contributed by atoms with Crippen molar-refractivity contribution >= 4 is 32.6 Å². The average molecular weight is 397 g/mol. The van der Waals surface area contributed by atoms with E-state index in [1.807, 2.05) is 19.2 Å². The van der Waals surface area contributed by atoms with Gasteiger partial charge >= 0.3 is 0 Å². The lowest BCUT2D eigenvalue weighted by Crippen LogP contribution is -2.25. The second-order valence-corrected chi connectivity index (χ2v) is 7.65. The summed E-state index contributed by atoms with van der Waals surface area (Å²) in [5.74, 6) is -0.492. The second-order valence-electron chi connectivity index (χ2n) is 6.56. The number of H-pyrrole nitrogens is 1. The summed E-state index contributed by atoms with van der Waals surface area (Å²) >= 11 is 1.56. The van der Waals surface area contributed by atoms with Crippen molar-refractivity contribution in [1.29, 1.82) is 0 Å². The lowest BCUT2D eigenvalue weighted by molar-refractivity contribution is 0.570. The van der Waals surface area contributed by atoms with Gasteiger partial charge < -0.3 is 9.88 Å². The molecular formula is C18H16FN7OS. The Morgan fingerprint density at radius 1 is 1.36 bits per heavy atom. The van der Waals surface area contributed by atoms with Gasteiger partial charge in [-0.3, -0.25) is 9.89 Å². The van der Waals surface area contributed by atoms with E-state index in [-0.39, 0.29) is 17.8 Å². The molecule has 0 unspecified atom stereocenters. The Kier molecular flexibility index (Phi) is 3.86. The molecule has 0 saturated carbocycles. The predicted molar refractivity (Wildman–Crippen MR) is 105 cm³/mol. The first-order chi connectivity index (χ1) is 13.6. The lowest BCUT2D eigenvalue weighted by atomic mass is 10.2. The fraction of sp³-hybridized carbons (Fsp3) is 0.222. The monoisotopic (exact) mass is 397 g/mol. The molecule has 2 N–H and O–H groups in total. The zero-order valence-corrected chi connectivity index (χ0v) is 15.8. The Bertz CT molecular complexity index is 1320. The van der Waals surface area contributed by atoms with Crippen LogP contribution in [0.5, 0.6) is 0 Å². The third-order valence-electron chi connectivity index (χ3n) is 4.77. The van der Waals surface area contributed by atoms with Crippen LogP contribution in [0.15, 0.2) is 41.1 Å². The number of hydrogen-bond donors (Lipinski definition) is 2. The van der Waals surface area contributed by atoms with Gasteiger partial charge in [-0.25, -0.2) is 14.1 Å². The van der Waals surface area contributed by atoms with Crippen LogP contribution in [0.2, 0.25) is 0 Å². The second kappa shape index (κ2) is 6.41. The van der Waals surface area contributed by atoms with E-state index < -0.39 is 5.82 Å². The molecule has 4 aromatic rings. The van der Waals surface area contributed by atoms with Gasteiger partial charge in [-0.15, -0.1) is 11.3 Å². The predicted octanol–water partition coefficient (Wildman–Crippen LogP) is 1.84. The van der Waals surface area contributed by atoms with Crippen molar-refractivity contribution in [2.45, 2.75) is 13.0 Å². The number of rotatable bonds is 4. The number of aromatic nitrogens is 6. The van der Waals surface area contributed by atoms with Crippen molar-refractivity contribution in [3.63, 3.8) is 0 Å². The van der Waals surface area contributed by atoms with Gasteiger partial charge in [0.2, 0.25) is 0 Å². The van der Waals surface area contributed by atoms with Crippen LogP contribution in [0.3, 0.4) is 0 Å². The minimum absolute atomic E-state index is 0.00848. The maximum atomic E-state index is 13.7. The molecule has 142 valence electrons. The maximum Gasteiger partial charge on any atom is 0.291 e. The van der Waals surface area contributed by atoms with E-state index in [0.717, 1.165) is 45.6 Å². The summed E-state index contributed by atoms with van der Waals surface area (Å²) in [4.78, 5) is 17.7. The summed E-state index contributed by atoms with van der Waals surface area (Å²) in [7, 11) is 1.82. The number of allylic oxidation sites excluding steroid dienone is 3. The van der Waals surface area contributed by atoms with E-state index in [2.05, 4.69) is 26.7 Å². The molecule has 0 saturated heterocycles. The normalized spacial score (nSPS) is 14.0. The number of aryl methyl sites for hydroxylation is 1. The number of nitrogens with one attached hydrogen (secondary N) is 2. The molecule has 0 spiro atoms. The van der Waals surface area contributed by atoms with Gasteiger partial charge in [0, 0.05) is 31.1 Å². The minimum atomic E-state index is -0.492. The Labute approximate surface area is 162 Å². The first kappa shape index (κ1) is 16.9. The van der Waals surface area contributed by atoms with E-state index in [1.54, 1.807) is 22.1 Å². The van der Waals surface area contributed by atoms with Crippen LogP contribution in [0.4, 0.5) is 4.39 Å². The first-order valence-corrected chi connectivity index (χ1v) is 9.54. The average Bonchev–Trinajstić information content (AvgIpc) is 3.35. The summed E-state index contributed by atoms with van der Waals surface area (Å²) in [6.45, 7) is 0.811. The zero-order chi connectivity index (χ0) is 19.3. The van der Waals surface area contributed by atoms with Gasteiger partial charge in [0.25, 0.3) is 5.56 Å². The van der Waals surface area contributed by atoms with Crippen molar-refractivity contribution in [3.8, 4) is 0 Å². The Morgan fingerprint density at radius 2 is 2.25 bits per heavy atom. The molecule has 8 nitrogen and oxygen atoms in total. The molecule has 28 heavy (non-hydrogen) atoms. The number of hydrogen-bond acceptors (Lipinski definition) is 6. The fourth-order valence-electron chi connectivity index (χ4n) is 3.37. The molecule has 10 heteroatoms. The van der Waals surface area contributed by atoms with Crippen molar-refractivity contribution in [2.75, 3.05) is 6.54 Å². The van der Waals surface area contributed by atoms with E-state index >= 15 is 0 Å². The highest BCUT2D eigenvalue weighted by Crippen LogP contribution is 2.31. The van der Waals surface area contributed by atoms with Crippen LogP contribution >= 0.6 is 11.3 Å². The van der Waals surface area contributed by atoms with Crippen molar-refractivity contribution in [3.05, 3.63) is 63.2 Å². The highest BCUT2D eigenvalue weighted by molar-refractivity contribution is 7.19. The molecule has 1 aliphatic heterocycles. The number of fused-ring (bicyclic) bond motifs is 3. The molecule has 0 fully saturated rings. The van der Waals surface area contributed by atoms with Crippen molar-refractivity contribution in [2.24, 2.45) is 7.05 Å². The van der Waals surface area contributed by atoms with Crippen LogP contribution in [-0.2, 0) is 20.0 Å². The van der Waals surface area contributed by atoms with E-state index in [1.165, 1.54) is 4.68 Å². The molecule has 0 aliphatic carbocycles. The van der Waals surface area contributed by atoms with Gasteiger partial charge in [0.05, 0.1) is 29.3 Å². The smallest absolute Gasteiger partial charge is 0.291 e. The topological polar surface area (TPSA) is 93.4 Å². The molecule has 1 aliphatic rings. The largest absolute Gasteiger partial charge is 0.385 e. The summed E-state index contributed by atoms with van der Waals surface area (Å²) in [6, 6.07) is 0. The van der Waals surface area contributed by atoms with Crippen LogP contribution < -0.4 is 10.9 Å². The van der Waals surface area contributed by atoms with Crippen LogP contribution in [0, 0.1) is 5.82 Å². The van der Waals surface area contributed by atoms with Crippen LogP contribution in [0.25, 0.3) is 21.3 Å². The molecular weight excluding hydrogens is 381 g/mol. The number of thiazole rings is 1. The van der Waals surface area contributed by atoms with Gasteiger partial charge in [0.15, 0.2) is 11.5 Å². The third-order valence-corrected chi connectivity index (χ3v) is 5.84. The highest BCUT2D eigenvalue weighted by atomic mass is 32.1. The molecule has 0 aromatic carbocycles. The van der Waals surface area contributed by atoms with Crippen LogP contribution in [-0.4, -0.2) is 36.1 Å². The summed E-state index contributed by atoms with van der Waals surface area (Å²) in [6.07, 6.45) is 9.58. The van der Waals surface area contributed by atoms with Crippen LogP contribution in [0.1, 0.15) is 10.7 Å². The molecule has 0 amide bonds. The molecule has 4 aromatic heterocycles. The van der Waals surface area contributed by atoms with Gasteiger partial charge in [0.1, 0.15) is 10.5 Å². The fourth-order valence-corrected chi connectivity index (χ4v) is 4.49. The Balaban J connectivity index is 1.57. The SMILES string of the molecule is Cn1c2nc(CC3=CC=CCN3)sc2c2cnn(Cc3[nH]ncc3F)c(=O)c21. The Morgan fingerprint density at radius 3 is 3.00 bits per heavy atom. The first-order valence-electron chi connectivity index (χ1n) is 8.73. The van der Waals surface area contributed by atoms with Gasteiger partial charge in [-0.05, 0) is 6.08 Å². The zero-order valence-electron chi connectivity index (χ0n) is 14.9. The third kappa shape index (κ3) is 2.64. The number of nitrogens with zero attached hydrogens (tertiary/aromatic N) is 5. The van der Waals surface area contributed by atoms with E-state index in [9.17, 15) is 9.18 Å². The minimum Gasteiger partial charge on any atom is -0.385 e. The Hall–Kier alpha value is -3.27. The molecule has 5 heterocycles. The lowest BCUT2D eigenvalue weighted by Gasteiger charge is -2.09. The van der Waals surface area contributed by atoms with Gasteiger partial charge in [-0.2, -0.15) is 10.2 Å². The number of aromatic amines is 1. The standard InChI is InChI=1S/C18H16FN7OS/c1-25-15-11(7-22-26(18(15)27)9-13-12(19)8-21-24-13)16-17(25)23-14(28-16)6-10-4-2-3-5-20-10/h2-4,7-8,20H,5-6,9H2,1H3,(H,21,24). The maximum absolute atomic E-state index is 13.7. The summed E-state index contributed by atoms with van der Waals surface area (Å²) in [5, 5.41) is 15.5. The van der Waals surface area contributed by atoms with E-state index in [0.29, 0.717) is 5.52 Å². The molecule has 5 rings (SSSR count). The number of dihydropyridines is 1. The molecule has 0 radical (unpaired) electrons. The van der Waals surface area contributed by atoms with Crippen molar-refractivity contribution < 1.29 is 4.39 Å². The van der Waals surface area contributed by atoms with Gasteiger partial charge in [-0.1, -0.05) is 12.2 Å². The van der Waals surface area contributed by atoms with E-state index in [4.69, 9.17) is 4.98 Å². The quantitative estimate of drug-likeness (QED) is 0.548. The number of halogens is 1. The summed E-state index contributed by atoms with van der Waals surface area (Å²) in [5.41, 5.74) is 2.31.